The van der Waals surface area contributed by atoms with Gasteiger partial charge in [0.05, 0.1) is 11.5 Å². The van der Waals surface area contributed by atoms with Gasteiger partial charge in [-0.15, -0.1) is 0 Å². The highest BCUT2D eigenvalue weighted by Gasteiger charge is 2.09. The number of benzene rings is 1. The molecule has 3 N–H and O–H groups in total. The minimum Gasteiger partial charge on any atom is -0.393 e. The number of carbonyl (C=O) groups is 1. The summed E-state index contributed by atoms with van der Waals surface area (Å²) in [5.41, 5.74) is 7.42. The number of aryl methyl sites for hydroxylation is 1. The maximum atomic E-state index is 11.9. The Bertz CT molecular complexity index is 448. The molecular weight excluding hydrogens is 258 g/mol. The molecule has 0 spiro atoms. The molecule has 0 fully saturated rings. The molecule has 0 aromatic heterocycles. The molecule has 0 aliphatic rings. The van der Waals surface area contributed by atoms with Crippen molar-refractivity contribution in [2.45, 2.75) is 20.3 Å². The van der Waals surface area contributed by atoms with Crippen LogP contribution in [0, 0.1) is 6.92 Å². The molecule has 1 rings (SSSR count). The van der Waals surface area contributed by atoms with Crippen LogP contribution in [0.4, 0.5) is 5.69 Å². The second kappa shape index (κ2) is 7.86. The van der Waals surface area contributed by atoms with Crippen LogP contribution in [-0.2, 0) is 4.79 Å². The molecule has 0 saturated heterocycles. The van der Waals surface area contributed by atoms with Crippen LogP contribution in [0.15, 0.2) is 24.3 Å². The third-order valence-corrected chi connectivity index (χ3v) is 2.99. The topological polar surface area (TPSA) is 58.4 Å². The highest BCUT2D eigenvalue weighted by molar-refractivity contribution is 7.80. The van der Waals surface area contributed by atoms with Gasteiger partial charge in [0.15, 0.2) is 0 Å². The van der Waals surface area contributed by atoms with E-state index in [1.165, 1.54) is 0 Å². The first-order chi connectivity index (χ1) is 9.01. The number of carbonyl (C=O) groups excluding carboxylic acids is 1. The molecule has 4 nitrogen and oxygen atoms in total. The Balaban J connectivity index is 2.46. The Hall–Kier alpha value is -1.46. The number of likely N-dealkylation sites (N-methyl/N-ethyl adjacent to an activating group) is 1. The number of hydrogen-bond donors (Lipinski definition) is 2. The van der Waals surface area contributed by atoms with Crippen LogP contribution in [-0.4, -0.2) is 35.4 Å². The molecule has 0 bridgehead atoms. The largest absolute Gasteiger partial charge is 0.393 e. The summed E-state index contributed by atoms with van der Waals surface area (Å²) in [6.07, 6.45) is 0.640. The van der Waals surface area contributed by atoms with E-state index in [0.717, 1.165) is 17.8 Å². The van der Waals surface area contributed by atoms with Crippen molar-refractivity contribution >= 4 is 28.8 Å². The highest BCUT2D eigenvalue weighted by atomic mass is 32.1. The van der Waals surface area contributed by atoms with Crippen LogP contribution < -0.4 is 11.1 Å². The predicted octanol–water partition coefficient (Wildman–Crippen LogP) is 1.93. The Morgan fingerprint density at radius 3 is 2.79 bits per heavy atom. The van der Waals surface area contributed by atoms with Crippen LogP contribution in [0.1, 0.15) is 18.9 Å². The van der Waals surface area contributed by atoms with E-state index in [0.29, 0.717) is 24.5 Å². The lowest BCUT2D eigenvalue weighted by atomic mass is 10.2. The van der Waals surface area contributed by atoms with Crippen LogP contribution in [0.5, 0.6) is 0 Å². The molecular formula is C14H21N3OS. The Labute approximate surface area is 120 Å². The quantitative estimate of drug-likeness (QED) is 0.749. The van der Waals surface area contributed by atoms with E-state index in [2.05, 4.69) is 5.32 Å². The average molecular weight is 279 g/mol. The van der Waals surface area contributed by atoms with Gasteiger partial charge < -0.3 is 11.1 Å². The number of nitrogens with two attached hydrogens (primary N) is 1. The number of thiocarbonyl (C=S) groups is 1. The number of nitrogens with zero attached hydrogens (tertiary/aromatic N) is 1. The first-order valence-electron chi connectivity index (χ1n) is 6.38. The molecule has 1 aromatic rings. The molecule has 0 heterocycles. The molecule has 5 heteroatoms. The summed E-state index contributed by atoms with van der Waals surface area (Å²) in [6, 6.07) is 7.75. The van der Waals surface area contributed by atoms with Crippen molar-refractivity contribution in [2.24, 2.45) is 5.73 Å². The summed E-state index contributed by atoms with van der Waals surface area (Å²) >= 11 is 4.85. The molecule has 0 aliphatic carbocycles. The number of rotatable bonds is 7. The van der Waals surface area contributed by atoms with Gasteiger partial charge in [-0.25, -0.2) is 0 Å². The molecule has 0 saturated carbocycles. The van der Waals surface area contributed by atoms with E-state index < -0.39 is 0 Å². The van der Waals surface area contributed by atoms with E-state index in [1.807, 2.05) is 43.0 Å². The van der Waals surface area contributed by atoms with Crippen molar-refractivity contribution in [3.63, 3.8) is 0 Å². The van der Waals surface area contributed by atoms with Crippen molar-refractivity contribution in [3.8, 4) is 0 Å². The van der Waals surface area contributed by atoms with Crippen LogP contribution in [0.25, 0.3) is 0 Å². The van der Waals surface area contributed by atoms with E-state index >= 15 is 0 Å². The van der Waals surface area contributed by atoms with E-state index in [1.54, 1.807) is 0 Å². The van der Waals surface area contributed by atoms with Gasteiger partial charge in [-0.2, -0.15) is 0 Å². The first-order valence-corrected chi connectivity index (χ1v) is 6.79. The third-order valence-electron chi connectivity index (χ3n) is 2.79. The van der Waals surface area contributed by atoms with Crippen molar-refractivity contribution in [1.82, 2.24) is 4.90 Å². The third kappa shape index (κ3) is 6.31. The van der Waals surface area contributed by atoms with Gasteiger partial charge >= 0.3 is 0 Å². The summed E-state index contributed by atoms with van der Waals surface area (Å²) in [7, 11) is 0. The summed E-state index contributed by atoms with van der Waals surface area (Å²) in [4.78, 5) is 14.4. The second-order valence-corrected chi connectivity index (χ2v) is 5.03. The predicted molar refractivity (Wildman–Crippen MR) is 83.3 cm³/mol. The summed E-state index contributed by atoms with van der Waals surface area (Å²) in [5, 5.41) is 2.89. The van der Waals surface area contributed by atoms with Gasteiger partial charge in [0, 0.05) is 18.7 Å². The fourth-order valence-corrected chi connectivity index (χ4v) is 1.83. The average Bonchev–Trinajstić information content (AvgIpc) is 2.34. The SMILES string of the molecule is CCN(CCC(N)=S)CC(=O)Nc1cccc(C)c1. The minimum absolute atomic E-state index is 0.0182. The zero-order valence-electron chi connectivity index (χ0n) is 11.5. The fourth-order valence-electron chi connectivity index (χ4n) is 1.74. The maximum absolute atomic E-state index is 11.9. The summed E-state index contributed by atoms with van der Waals surface area (Å²) in [5.74, 6) is -0.0182. The van der Waals surface area contributed by atoms with E-state index in [4.69, 9.17) is 18.0 Å². The van der Waals surface area contributed by atoms with Crippen LogP contribution >= 0.6 is 12.2 Å². The minimum atomic E-state index is -0.0182. The smallest absolute Gasteiger partial charge is 0.238 e. The first kappa shape index (κ1) is 15.6. The standard InChI is InChI=1S/C14H21N3OS/c1-3-17(8-7-13(15)19)10-14(18)16-12-6-4-5-11(2)9-12/h4-6,9H,3,7-8,10H2,1-2H3,(H2,15,19)(H,16,18). The number of anilines is 1. The van der Waals surface area contributed by atoms with Crippen molar-refractivity contribution in [1.29, 1.82) is 0 Å². The van der Waals surface area contributed by atoms with Crippen LogP contribution in [0.3, 0.4) is 0 Å². The molecule has 0 aliphatic heterocycles. The highest BCUT2D eigenvalue weighted by Crippen LogP contribution is 2.09. The lowest BCUT2D eigenvalue weighted by Gasteiger charge is -2.19. The lowest BCUT2D eigenvalue weighted by Crippen LogP contribution is -2.35. The molecule has 1 amide bonds. The fraction of sp³-hybridized carbons (Fsp3) is 0.429. The molecule has 19 heavy (non-hydrogen) atoms. The van der Waals surface area contributed by atoms with E-state index in [-0.39, 0.29) is 5.91 Å². The van der Waals surface area contributed by atoms with Crippen molar-refractivity contribution in [2.75, 3.05) is 25.0 Å². The Morgan fingerprint density at radius 2 is 2.21 bits per heavy atom. The Kier molecular flexibility index (Phi) is 6.45. The number of amides is 1. The van der Waals surface area contributed by atoms with Gasteiger partial charge in [-0.1, -0.05) is 31.3 Å². The monoisotopic (exact) mass is 279 g/mol. The van der Waals surface area contributed by atoms with Crippen molar-refractivity contribution in [3.05, 3.63) is 29.8 Å². The van der Waals surface area contributed by atoms with Crippen molar-refractivity contribution < 1.29 is 4.79 Å². The van der Waals surface area contributed by atoms with Gasteiger partial charge in [-0.05, 0) is 31.2 Å². The summed E-state index contributed by atoms with van der Waals surface area (Å²) in [6.45, 7) is 5.87. The maximum Gasteiger partial charge on any atom is 0.238 e. The van der Waals surface area contributed by atoms with E-state index in [9.17, 15) is 4.79 Å². The van der Waals surface area contributed by atoms with Gasteiger partial charge in [0.2, 0.25) is 5.91 Å². The number of hydrogen-bond acceptors (Lipinski definition) is 3. The molecule has 104 valence electrons. The van der Waals surface area contributed by atoms with Gasteiger partial charge in [-0.3, -0.25) is 9.69 Å². The zero-order chi connectivity index (χ0) is 14.3. The molecule has 0 atom stereocenters. The van der Waals surface area contributed by atoms with Gasteiger partial charge in [0.25, 0.3) is 0 Å². The molecule has 0 unspecified atom stereocenters. The summed E-state index contributed by atoms with van der Waals surface area (Å²) < 4.78 is 0. The van der Waals surface area contributed by atoms with Crippen LogP contribution in [0.2, 0.25) is 0 Å². The second-order valence-electron chi connectivity index (χ2n) is 4.50. The lowest BCUT2D eigenvalue weighted by molar-refractivity contribution is -0.117. The molecule has 1 aromatic carbocycles. The van der Waals surface area contributed by atoms with Gasteiger partial charge in [0.1, 0.15) is 0 Å². The zero-order valence-corrected chi connectivity index (χ0v) is 12.3. The molecule has 0 radical (unpaired) electrons. The Morgan fingerprint density at radius 1 is 1.47 bits per heavy atom. The normalized spacial score (nSPS) is 10.5. The number of nitrogens with one attached hydrogen (secondary N) is 1.